The number of hydrogen-bond acceptors (Lipinski definition) is 6. The summed E-state index contributed by atoms with van der Waals surface area (Å²) in [7, 11) is 0. The van der Waals surface area contributed by atoms with Gasteiger partial charge in [0.05, 0.1) is 4.92 Å². The standard InChI is InChI=1S/C16H21N3O6/c1-9(2)17-14(20)11(4)25-16(22)10(3)18-15(21)12-6-5-7-13(8-12)19(23)24/h5-11H,1-4H3,(H,17,20)(H,18,21)/t10-,11+/m0/s1. The highest BCUT2D eigenvalue weighted by Gasteiger charge is 2.24. The fourth-order valence-electron chi connectivity index (χ4n) is 1.83. The predicted octanol–water partition coefficient (Wildman–Crippen LogP) is 1.17. The number of nitro groups is 1. The first kappa shape index (κ1) is 20.1. The first-order chi connectivity index (χ1) is 11.6. The van der Waals surface area contributed by atoms with Crippen LogP contribution in [-0.4, -0.2) is 40.9 Å². The minimum absolute atomic E-state index is 0.0412. The fraction of sp³-hybridized carbons (Fsp3) is 0.438. The SMILES string of the molecule is CC(C)NC(=O)[C@@H](C)OC(=O)[C@H](C)NC(=O)c1cccc([N+](=O)[O-])c1. The van der Waals surface area contributed by atoms with E-state index in [1.165, 1.54) is 32.0 Å². The minimum Gasteiger partial charge on any atom is -0.451 e. The van der Waals surface area contributed by atoms with E-state index in [9.17, 15) is 24.5 Å². The third kappa shape index (κ3) is 6.21. The molecular formula is C16H21N3O6. The lowest BCUT2D eigenvalue weighted by molar-refractivity contribution is -0.384. The highest BCUT2D eigenvalue weighted by molar-refractivity contribution is 5.97. The zero-order valence-electron chi connectivity index (χ0n) is 14.4. The first-order valence-corrected chi connectivity index (χ1v) is 7.68. The van der Waals surface area contributed by atoms with E-state index in [0.717, 1.165) is 6.07 Å². The molecule has 9 nitrogen and oxygen atoms in total. The topological polar surface area (TPSA) is 128 Å². The maximum atomic E-state index is 12.1. The van der Waals surface area contributed by atoms with E-state index in [-0.39, 0.29) is 17.3 Å². The minimum atomic E-state index is -1.03. The normalized spacial score (nSPS) is 12.8. The number of nitrogens with zero attached hydrogens (tertiary/aromatic N) is 1. The molecule has 2 N–H and O–H groups in total. The number of ether oxygens (including phenoxy) is 1. The van der Waals surface area contributed by atoms with Crippen molar-refractivity contribution in [2.75, 3.05) is 0 Å². The number of esters is 1. The average Bonchev–Trinajstić information content (AvgIpc) is 2.53. The molecule has 0 saturated heterocycles. The predicted molar refractivity (Wildman–Crippen MR) is 88.9 cm³/mol. The molecule has 1 aromatic rings. The van der Waals surface area contributed by atoms with Gasteiger partial charge in [0, 0.05) is 23.7 Å². The van der Waals surface area contributed by atoms with Gasteiger partial charge in [0.1, 0.15) is 6.04 Å². The van der Waals surface area contributed by atoms with Crippen molar-refractivity contribution in [3.63, 3.8) is 0 Å². The van der Waals surface area contributed by atoms with Gasteiger partial charge in [-0.2, -0.15) is 0 Å². The molecule has 0 aliphatic heterocycles. The molecule has 0 spiro atoms. The summed E-state index contributed by atoms with van der Waals surface area (Å²) in [5.41, 5.74) is -0.193. The van der Waals surface area contributed by atoms with Crippen LogP contribution < -0.4 is 10.6 Å². The molecule has 2 amide bonds. The molecule has 25 heavy (non-hydrogen) atoms. The molecule has 0 bridgehead atoms. The number of non-ortho nitro benzene ring substituents is 1. The lowest BCUT2D eigenvalue weighted by Gasteiger charge is -2.18. The highest BCUT2D eigenvalue weighted by Crippen LogP contribution is 2.13. The molecule has 1 aromatic carbocycles. The number of rotatable bonds is 7. The van der Waals surface area contributed by atoms with Gasteiger partial charge >= 0.3 is 5.97 Å². The number of carbonyl (C=O) groups excluding carboxylic acids is 3. The number of benzene rings is 1. The van der Waals surface area contributed by atoms with Crippen molar-refractivity contribution in [3.05, 3.63) is 39.9 Å². The Bertz CT molecular complexity index is 674. The summed E-state index contributed by atoms with van der Waals surface area (Å²) >= 11 is 0. The van der Waals surface area contributed by atoms with Crippen LogP contribution >= 0.6 is 0 Å². The van der Waals surface area contributed by atoms with E-state index in [2.05, 4.69) is 10.6 Å². The van der Waals surface area contributed by atoms with Gasteiger partial charge in [-0.1, -0.05) is 6.07 Å². The van der Waals surface area contributed by atoms with Gasteiger partial charge in [-0.15, -0.1) is 0 Å². The summed E-state index contributed by atoms with van der Waals surface area (Å²) in [5, 5.41) is 15.7. The highest BCUT2D eigenvalue weighted by atomic mass is 16.6. The molecule has 136 valence electrons. The molecule has 0 aliphatic rings. The van der Waals surface area contributed by atoms with Crippen LogP contribution in [0.4, 0.5) is 5.69 Å². The molecule has 2 atom stereocenters. The Labute approximate surface area is 144 Å². The van der Waals surface area contributed by atoms with Crippen molar-refractivity contribution >= 4 is 23.5 Å². The first-order valence-electron chi connectivity index (χ1n) is 7.68. The Balaban J connectivity index is 2.65. The van der Waals surface area contributed by atoms with Crippen LogP contribution in [0, 0.1) is 10.1 Å². The van der Waals surface area contributed by atoms with Gasteiger partial charge in [-0.25, -0.2) is 4.79 Å². The second-order valence-electron chi connectivity index (χ2n) is 5.74. The van der Waals surface area contributed by atoms with Crippen molar-refractivity contribution in [1.82, 2.24) is 10.6 Å². The molecule has 0 heterocycles. The molecule has 0 saturated carbocycles. The maximum absolute atomic E-state index is 12.1. The molecular weight excluding hydrogens is 330 g/mol. The van der Waals surface area contributed by atoms with Gasteiger partial charge in [0.25, 0.3) is 17.5 Å². The second-order valence-corrected chi connectivity index (χ2v) is 5.74. The quantitative estimate of drug-likeness (QED) is 0.431. The number of hydrogen-bond donors (Lipinski definition) is 2. The summed E-state index contributed by atoms with van der Waals surface area (Å²) in [6, 6.07) is 3.99. The monoisotopic (exact) mass is 351 g/mol. The van der Waals surface area contributed by atoms with E-state index in [4.69, 9.17) is 4.74 Å². The van der Waals surface area contributed by atoms with Crippen LogP contribution in [0.25, 0.3) is 0 Å². The number of amides is 2. The summed E-state index contributed by atoms with van der Waals surface area (Å²) in [5.74, 6) is -1.89. The Morgan fingerprint density at radius 3 is 2.32 bits per heavy atom. The largest absolute Gasteiger partial charge is 0.451 e. The number of carbonyl (C=O) groups is 3. The van der Waals surface area contributed by atoms with Crippen molar-refractivity contribution in [1.29, 1.82) is 0 Å². The Morgan fingerprint density at radius 2 is 1.76 bits per heavy atom. The molecule has 0 radical (unpaired) electrons. The smallest absolute Gasteiger partial charge is 0.329 e. The van der Waals surface area contributed by atoms with E-state index in [1.807, 2.05) is 0 Å². The molecule has 0 aliphatic carbocycles. The van der Waals surface area contributed by atoms with E-state index < -0.39 is 34.9 Å². The molecule has 0 fully saturated rings. The molecule has 0 unspecified atom stereocenters. The average molecular weight is 351 g/mol. The van der Waals surface area contributed by atoms with Crippen LogP contribution in [0.5, 0.6) is 0 Å². The zero-order chi connectivity index (χ0) is 19.1. The zero-order valence-corrected chi connectivity index (χ0v) is 14.4. The maximum Gasteiger partial charge on any atom is 0.329 e. The van der Waals surface area contributed by atoms with Gasteiger partial charge in [-0.3, -0.25) is 19.7 Å². The van der Waals surface area contributed by atoms with Gasteiger partial charge in [-0.05, 0) is 33.8 Å². The molecule has 0 aromatic heterocycles. The summed E-state index contributed by atoms with van der Waals surface area (Å²) in [6.07, 6.45) is -1.01. The Kier molecular flexibility index (Phi) is 7.04. The second kappa shape index (κ2) is 8.76. The van der Waals surface area contributed by atoms with Crippen molar-refractivity contribution in [2.24, 2.45) is 0 Å². The van der Waals surface area contributed by atoms with Crippen LogP contribution in [0.2, 0.25) is 0 Å². The van der Waals surface area contributed by atoms with Crippen molar-refractivity contribution < 1.29 is 24.0 Å². The lowest BCUT2D eigenvalue weighted by atomic mass is 10.2. The Hall–Kier alpha value is -2.97. The third-order valence-electron chi connectivity index (χ3n) is 3.11. The van der Waals surface area contributed by atoms with Gasteiger partial charge in [0.15, 0.2) is 6.10 Å². The molecule has 9 heteroatoms. The van der Waals surface area contributed by atoms with Crippen molar-refractivity contribution in [3.8, 4) is 0 Å². The van der Waals surface area contributed by atoms with Crippen LogP contribution in [0.15, 0.2) is 24.3 Å². The van der Waals surface area contributed by atoms with E-state index >= 15 is 0 Å². The Morgan fingerprint density at radius 1 is 1.12 bits per heavy atom. The van der Waals surface area contributed by atoms with E-state index in [0.29, 0.717) is 0 Å². The van der Waals surface area contributed by atoms with Gasteiger partial charge < -0.3 is 15.4 Å². The van der Waals surface area contributed by atoms with E-state index in [1.54, 1.807) is 13.8 Å². The van der Waals surface area contributed by atoms with Crippen LogP contribution in [0.1, 0.15) is 38.1 Å². The van der Waals surface area contributed by atoms with Crippen LogP contribution in [0.3, 0.4) is 0 Å². The summed E-state index contributed by atoms with van der Waals surface area (Å²) in [6.45, 7) is 6.36. The van der Waals surface area contributed by atoms with Gasteiger partial charge in [0.2, 0.25) is 0 Å². The third-order valence-corrected chi connectivity index (χ3v) is 3.11. The lowest BCUT2D eigenvalue weighted by Crippen LogP contribution is -2.44. The fourth-order valence-corrected chi connectivity index (χ4v) is 1.83. The van der Waals surface area contributed by atoms with Crippen molar-refractivity contribution in [2.45, 2.75) is 45.9 Å². The number of nitrogens with one attached hydrogen (secondary N) is 2. The van der Waals surface area contributed by atoms with Crippen LogP contribution in [-0.2, 0) is 14.3 Å². The summed E-state index contributed by atoms with van der Waals surface area (Å²) in [4.78, 5) is 45.9. The number of nitro benzene ring substituents is 1. The molecule has 1 rings (SSSR count). The summed E-state index contributed by atoms with van der Waals surface area (Å²) < 4.78 is 5.00.